The lowest BCUT2D eigenvalue weighted by molar-refractivity contribution is 0.358. The molecule has 1 aromatic rings. The SMILES string of the molecule is Cc1ccc(S(=O)(=O)N2CCNCC2)nn1.Cl. The van der Waals surface area contributed by atoms with E-state index in [-0.39, 0.29) is 17.4 Å². The zero-order valence-electron chi connectivity index (χ0n) is 9.46. The molecule has 1 saturated heterocycles. The monoisotopic (exact) mass is 278 g/mol. The molecule has 1 aliphatic heterocycles. The summed E-state index contributed by atoms with van der Waals surface area (Å²) >= 11 is 0. The lowest BCUT2D eigenvalue weighted by atomic mass is 10.4. The molecular weight excluding hydrogens is 264 g/mol. The van der Waals surface area contributed by atoms with Gasteiger partial charge in [-0.2, -0.15) is 9.40 Å². The summed E-state index contributed by atoms with van der Waals surface area (Å²) in [6.07, 6.45) is 0. The number of halogens is 1. The van der Waals surface area contributed by atoms with Crippen LogP contribution in [0.2, 0.25) is 0 Å². The summed E-state index contributed by atoms with van der Waals surface area (Å²) in [4.78, 5) is 0. The van der Waals surface area contributed by atoms with Gasteiger partial charge in [-0.05, 0) is 19.1 Å². The third-order valence-corrected chi connectivity index (χ3v) is 4.24. The van der Waals surface area contributed by atoms with Crippen molar-refractivity contribution in [3.8, 4) is 0 Å². The van der Waals surface area contributed by atoms with Crippen LogP contribution in [0, 0.1) is 6.92 Å². The fourth-order valence-corrected chi connectivity index (χ4v) is 2.85. The second kappa shape index (κ2) is 5.72. The molecule has 1 fully saturated rings. The number of piperazine rings is 1. The number of aromatic nitrogens is 2. The summed E-state index contributed by atoms with van der Waals surface area (Å²) in [5.41, 5.74) is 0.708. The zero-order valence-corrected chi connectivity index (χ0v) is 11.1. The number of aryl methyl sites for hydroxylation is 1. The van der Waals surface area contributed by atoms with Gasteiger partial charge in [-0.1, -0.05) is 0 Å². The van der Waals surface area contributed by atoms with Gasteiger partial charge in [0.05, 0.1) is 5.69 Å². The van der Waals surface area contributed by atoms with E-state index in [9.17, 15) is 8.42 Å². The van der Waals surface area contributed by atoms with Crippen molar-refractivity contribution >= 4 is 22.4 Å². The first-order valence-corrected chi connectivity index (χ1v) is 6.56. The molecule has 0 atom stereocenters. The van der Waals surface area contributed by atoms with Crippen molar-refractivity contribution in [1.29, 1.82) is 0 Å². The molecule has 1 aliphatic rings. The Labute approximate surface area is 107 Å². The van der Waals surface area contributed by atoms with Crippen LogP contribution in [0.1, 0.15) is 5.69 Å². The minimum atomic E-state index is -3.46. The Hall–Kier alpha value is -0.760. The van der Waals surface area contributed by atoms with Crippen LogP contribution in [0.25, 0.3) is 0 Å². The maximum Gasteiger partial charge on any atom is 0.262 e. The van der Waals surface area contributed by atoms with Gasteiger partial charge in [0.1, 0.15) is 0 Å². The molecule has 0 aliphatic carbocycles. The average molecular weight is 279 g/mol. The average Bonchev–Trinajstić information content (AvgIpc) is 2.31. The molecule has 0 spiro atoms. The molecule has 96 valence electrons. The molecular formula is C9H15ClN4O2S. The van der Waals surface area contributed by atoms with Gasteiger partial charge in [-0.3, -0.25) is 0 Å². The van der Waals surface area contributed by atoms with E-state index >= 15 is 0 Å². The van der Waals surface area contributed by atoms with Gasteiger partial charge in [0.25, 0.3) is 10.0 Å². The van der Waals surface area contributed by atoms with Crippen LogP contribution in [-0.2, 0) is 10.0 Å². The zero-order chi connectivity index (χ0) is 11.6. The van der Waals surface area contributed by atoms with E-state index in [4.69, 9.17) is 0 Å². The third kappa shape index (κ3) is 3.12. The summed E-state index contributed by atoms with van der Waals surface area (Å²) in [6, 6.07) is 3.15. The van der Waals surface area contributed by atoms with E-state index in [1.54, 1.807) is 13.0 Å². The molecule has 2 rings (SSSR count). The molecule has 0 bridgehead atoms. The van der Waals surface area contributed by atoms with E-state index < -0.39 is 10.0 Å². The van der Waals surface area contributed by atoms with Crippen molar-refractivity contribution in [2.75, 3.05) is 26.2 Å². The van der Waals surface area contributed by atoms with Gasteiger partial charge >= 0.3 is 0 Å². The highest BCUT2D eigenvalue weighted by atomic mass is 35.5. The van der Waals surface area contributed by atoms with Gasteiger partial charge in [-0.15, -0.1) is 17.5 Å². The largest absolute Gasteiger partial charge is 0.314 e. The lowest BCUT2D eigenvalue weighted by Crippen LogP contribution is -2.46. The predicted molar refractivity (Wildman–Crippen MR) is 65.6 cm³/mol. The normalized spacial score (nSPS) is 17.5. The number of hydrogen-bond acceptors (Lipinski definition) is 5. The van der Waals surface area contributed by atoms with Crippen LogP contribution in [0.4, 0.5) is 0 Å². The highest BCUT2D eigenvalue weighted by Crippen LogP contribution is 2.12. The van der Waals surface area contributed by atoms with Crippen LogP contribution in [0.15, 0.2) is 17.2 Å². The van der Waals surface area contributed by atoms with Crippen LogP contribution in [-0.4, -0.2) is 49.1 Å². The lowest BCUT2D eigenvalue weighted by Gasteiger charge is -2.25. The van der Waals surface area contributed by atoms with E-state index in [1.807, 2.05) is 0 Å². The van der Waals surface area contributed by atoms with Crippen LogP contribution in [0.5, 0.6) is 0 Å². The number of hydrogen-bond donors (Lipinski definition) is 1. The second-order valence-corrected chi connectivity index (χ2v) is 5.55. The smallest absolute Gasteiger partial charge is 0.262 e. The Balaban J connectivity index is 0.00000144. The quantitative estimate of drug-likeness (QED) is 0.811. The fourth-order valence-electron chi connectivity index (χ4n) is 1.54. The molecule has 1 aromatic heterocycles. The highest BCUT2D eigenvalue weighted by Gasteiger charge is 2.27. The first-order chi connectivity index (χ1) is 7.60. The summed E-state index contributed by atoms with van der Waals surface area (Å²) in [6.45, 7) is 4.10. The predicted octanol–water partition coefficient (Wildman–Crippen LogP) is -0.199. The van der Waals surface area contributed by atoms with Crippen molar-refractivity contribution in [3.63, 3.8) is 0 Å². The molecule has 0 radical (unpaired) electrons. The molecule has 0 unspecified atom stereocenters. The molecule has 17 heavy (non-hydrogen) atoms. The van der Waals surface area contributed by atoms with Gasteiger partial charge in [-0.25, -0.2) is 8.42 Å². The van der Waals surface area contributed by atoms with E-state index in [2.05, 4.69) is 15.5 Å². The minimum Gasteiger partial charge on any atom is -0.314 e. The summed E-state index contributed by atoms with van der Waals surface area (Å²) in [5, 5.41) is 10.6. The van der Waals surface area contributed by atoms with Crippen molar-refractivity contribution < 1.29 is 8.42 Å². The number of rotatable bonds is 2. The van der Waals surface area contributed by atoms with Crippen molar-refractivity contribution in [2.45, 2.75) is 11.9 Å². The summed E-state index contributed by atoms with van der Waals surface area (Å²) in [5.74, 6) is 0. The minimum absolute atomic E-state index is 0. The van der Waals surface area contributed by atoms with Gasteiger partial charge in [0.2, 0.25) is 0 Å². The molecule has 0 saturated carbocycles. The van der Waals surface area contributed by atoms with Crippen molar-refractivity contribution in [1.82, 2.24) is 19.8 Å². The maximum absolute atomic E-state index is 12.1. The third-order valence-electron chi connectivity index (χ3n) is 2.45. The van der Waals surface area contributed by atoms with Crippen molar-refractivity contribution in [2.24, 2.45) is 0 Å². The Bertz CT molecular complexity index is 456. The Morgan fingerprint density at radius 1 is 1.24 bits per heavy atom. The summed E-state index contributed by atoms with van der Waals surface area (Å²) in [7, 11) is -3.46. The van der Waals surface area contributed by atoms with E-state index in [0.29, 0.717) is 31.9 Å². The number of sulfonamides is 1. The fraction of sp³-hybridized carbons (Fsp3) is 0.556. The molecule has 2 heterocycles. The standard InChI is InChI=1S/C9H14N4O2S.ClH/c1-8-2-3-9(12-11-8)16(14,15)13-6-4-10-5-7-13;/h2-3,10H,4-7H2,1H3;1H. The van der Waals surface area contributed by atoms with Gasteiger partial charge < -0.3 is 5.32 Å². The highest BCUT2D eigenvalue weighted by molar-refractivity contribution is 7.89. The second-order valence-electron chi connectivity index (χ2n) is 3.67. The van der Waals surface area contributed by atoms with Crippen LogP contribution >= 0.6 is 12.4 Å². The van der Waals surface area contributed by atoms with Gasteiger partial charge in [0, 0.05) is 26.2 Å². The maximum atomic E-state index is 12.1. The molecule has 8 heteroatoms. The summed E-state index contributed by atoms with van der Waals surface area (Å²) < 4.78 is 25.6. The first-order valence-electron chi connectivity index (χ1n) is 5.12. The van der Waals surface area contributed by atoms with E-state index in [0.717, 1.165) is 0 Å². The number of nitrogens with one attached hydrogen (secondary N) is 1. The molecule has 1 N–H and O–H groups in total. The Morgan fingerprint density at radius 2 is 1.88 bits per heavy atom. The van der Waals surface area contributed by atoms with Gasteiger partial charge in [0.15, 0.2) is 5.03 Å². The van der Waals surface area contributed by atoms with Crippen molar-refractivity contribution in [3.05, 3.63) is 17.8 Å². The number of nitrogens with zero attached hydrogens (tertiary/aromatic N) is 3. The van der Waals surface area contributed by atoms with Crippen LogP contribution < -0.4 is 5.32 Å². The van der Waals surface area contributed by atoms with Crippen LogP contribution in [0.3, 0.4) is 0 Å². The molecule has 0 aromatic carbocycles. The molecule has 6 nitrogen and oxygen atoms in total. The first kappa shape index (κ1) is 14.3. The molecule has 0 amide bonds. The topological polar surface area (TPSA) is 75.2 Å². The Kier molecular flexibility index (Phi) is 4.81. The Morgan fingerprint density at radius 3 is 2.41 bits per heavy atom. The van der Waals surface area contributed by atoms with E-state index in [1.165, 1.54) is 10.4 Å².